The fourth-order valence-electron chi connectivity index (χ4n) is 2.32. The lowest BCUT2D eigenvalue weighted by atomic mass is 9.95. The van der Waals surface area contributed by atoms with Crippen LogP contribution in [-0.4, -0.2) is 28.3 Å². The smallest absolute Gasteiger partial charge is 0.231 e. The molecular formula is C15H19N3O2S. The predicted octanol–water partition coefficient (Wildman–Crippen LogP) is 2.68. The first kappa shape index (κ1) is 14.6. The topological polar surface area (TPSA) is 74.2 Å². The summed E-state index contributed by atoms with van der Waals surface area (Å²) in [6, 6.07) is 9.80. The van der Waals surface area contributed by atoms with E-state index in [1.54, 1.807) is 0 Å². The van der Waals surface area contributed by atoms with E-state index in [-0.39, 0.29) is 18.1 Å². The first-order valence-corrected chi connectivity index (χ1v) is 8.24. The molecule has 0 bridgehead atoms. The monoisotopic (exact) mass is 305 g/mol. The van der Waals surface area contributed by atoms with E-state index in [1.165, 1.54) is 0 Å². The van der Waals surface area contributed by atoms with Gasteiger partial charge in [0.2, 0.25) is 11.7 Å². The maximum atomic E-state index is 6.30. The van der Waals surface area contributed by atoms with Crippen LogP contribution in [0, 0.1) is 0 Å². The Morgan fingerprint density at radius 3 is 2.86 bits per heavy atom. The molecule has 0 amide bonds. The molecule has 0 aliphatic carbocycles. The zero-order valence-corrected chi connectivity index (χ0v) is 12.8. The average Bonchev–Trinajstić information content (AvgIpc) is 3.05. The van der Waals surface area contributed by atoms with E-state index in [2.05, 4.69) is 10.1 Å². The molecule has 3 unspecified atom stereocenters. The number of nitrogens with two attached hydrogens (primary N) is 1. The number of rotatable bonds is 4. The van der Waals surface area contributed by atoms with Crippen LogP contribution in [0.2, 0.25) is 0 Å². The highest BCUT2D eigenvalue weighted by Gasteiger charge is 2.26. The third-order valence-corrected chi connectivity index (χ3v) is 4.67. The number of benzene rings is 1. The maximum Gasteiger partial charge on any atom is 0.231 e. The number of ether oxygens (including phenoxy) is 1. The van der Waals surface area contributed by atoms with Gasteiger partial charge in [-0.15, -0.1) is 0 Å². The molecule has 1 aliphatic heterocycles. The molecule has 5 nitrogen and oxygen atoms in total. The first-order chi connectivity index (χ1) is 10.3. The van der Waals surface area contributed by atoms with Gasteiger partial charge in [0.05, 0.1) is 12.5 Å². The van der Waals surface area contributed by atoms with E-state index in [1.807, 2.05) is 49.0 Å². The van der Waals surface area contributed by atoms with Crippen molar-refractivity contribution >= 4 is 11.8 Å². The Morgan fingerprint density at radius 2 is 2.14 bits per heavy atom. The highest BCUT2D eigenvalue weighted by atomic mass is 32.2. The van der Waals surface area contributed by atoms with Crippen molar-refractivity contribution in [1.82, 2.24) is 10.1 Å². The van der Waals surface area contributed by atoms with Gasteiger partial charge in [-0.3, -0.25) is 0 Å². The average molecular weight is 305 g/mol. The maximum absolute atomic E-state index is 6.30. The Balaban J connectivity index is 1.73. The van der Waals surface area contributed by atoms with Crippen LogP contribution in [0.25, 0.3) is 0 Å². The molecule has 112 valence electrons. The van der Waals surface area contributed by atoms with Crippen molar-refractivity contribution < 1.29 is 9.26 Å². The number of hydrogen-bond donors (Lipinski definition) is 1. The molecule has 1 aromatic carbocycles. The van der Waals surface area contributed by atoms with Crippen LogP contribution in [0.3, 0.4) is 0 Å². The molecule has 0 saturated carbocycles. The van der Waals surface area contributed by atoms with Gasteiger partial charge < -0.3 is 15.0 Å². The van der Waals surface area contributed by atoms with Gasteiger partial charge in [-0.25, -0.2) is 0 Å². The Hall–Kier alpha value is -1.37. The molecule has 0 spiro atoms. The Morgan fingerprint density at radius 1 is 1.33 bits per heavy atom. The van der Waals surface area contributed by atoms with Crippen LogP contribution in [-0.2, 0) is 4.74 Å². The van der Waals surface area contributed by atoms with Crippen molar-refractivity contribution in [2.75, 3.05) is 18.1 Å². The van der Waals surface area contributed by atoms with Crippen LogP contribution < -0.4 is 5.73 Å². The van der Waals surface area contributed by atoms with E-state index < -0.39 is 0 Å². The van der Waals surface area contributed by atoms with Gasteiger partial charge in [-0.05, 0) is 5.56 Å². The summed E-state index contributed by atoms with van der Waals surface area (Å²) in [5.41, 5.74) is 7.36. The Labute approximate surface area is 128 Å². The number of hydrogen-bond acceptors (Lipinski definition) is 6. The molecule has 21 heavy (non-hydrogen) atoms. The quantitative estimate of drug-likeness (QED) is 0.936. The molecule has 6 heteroatoms. The summed E-state index contributed by atoms with van der Waals surface area (Å²) in [5, 5.41) is 4.06. The second kappa shape index (κ2) is 6.60. The third-order valence-electron chi connectivity index (χ3n) is 3.67. The van der Waals surface area contributed by atoms with E-state index in [0.29, 0.717) is 11.7 Å². The van der Waals surface area contributed by atoms with Gasteiger partial charge >= 0.3 is 0 Å². The molecule has 1 fully saturated rings. The summed E-state index contributed by atoms with van der Waals surface area (Å²) in [4.78, 5) is 4.48. The van der Waals surface area contributed by atoms with Crippen LogP contribution >= 0.6 is 11.8 Å². The molecule has 2 heterocycles. The summed E-state index contributed by atoms with van der Waals surface area (Å²) in [6.45, 7) is 2.74. The normalized spacial score (nSPS) is 21.9. The van der Waals surface area contributed by atoms with E-state index in [0.717, 1.165) is 23.7 Å². The van der Waals surface area contributed by atoms with Gasteiger partial charge in [0.25, 0.3) is 0 Å². The van der Waals surface area contributed by atoms with Gasteiger partial charge in [0, 0.05) is 17.5 Å². The molecule has 1 aromatic heterocycles. The minimum absolute atomic E-state index is 0.0371. The number of aromatic nitrogens is 2. The van der Waals surface area contributed by atoms with Gasteiger partial charge in [0.1, 0.15) is 6.10 Å². The van der Waals surface area contributed by atoms with Crippen molar-refractivity contribution in [3.05, 3.63) is 47.6 Å². The van der Waals surface area contributed by atoms with Gasteiger partial charge in [-0.2, -0.15) is 16.7 Å². The minimum atomic E-state index is -0.166. The van der Waals surface area contributed by atoms with Crippen LogP contribution in [0.4, 0.5) is 0 Å². The second-order valence-electron chi connectivity index (χ2n) is 5.15. The van der Waals surface area contributed by atoms with Crippen molar-refractivity contribution in [3.63, 3.8) is 0 Å². The second-order valence-corrected chi connectivity index (χ2v) is 6.30. The van der Waals surface area contributed by atoms with Crippen LogP contribution in [0.15, 0.2) is 34.9 Å². The molecule has 3 rings (SSSR count). The van der Waals surface area contributed by atoms with E-state index in [4.69, 9.17) is 15.0 Å². The largest absolute Gasteiger partial charge is 0.368 e. The van der Waals surface area contributed by atoms with Crippen molar-refractivity contribution in [2.45, 2.75) is 25.0 Å². The summed E-state index contributed by atoms with van der Waals surface area (Å²) < 4.78 is 11.1. The van der Waals surface area contributed by atoms with Gasteiger partial charge in [-0.1, -0.05) is 42.4 Å². The summed E-state index contributed by atoms with van der Waals surface area (Å²) >= 11 is 1.85. The molecule has 2 N–H and O–H groups in total. The lowest BCUT2D eigenvalue weighted by Gasteiger charge is -2.19. The standard InChI is InChI=1S/C15H19N3O2S/c1-10(13(16)11-5-3-2-4-6-11)15-17-14(18-20-15)12-9-21-8-7-19-12/h2-6,10,12-13H,7-9,16H2,1H3. The highest BCUT2D eigenvalue weighted by Crippen LogP contribution is 2.30. The molecule has 2 aromatic rings. The Bertz CT molecular complexity index is 569. The fraction of sp³-hybridized carbons (Fsp3) is 0.467. The van der Waals surface area contributed by atoms with Gasteiger partial charge in [0.15, 0.2) is 0 Å². The van der Waals surface area contributed by atoms with Crippen molar-refractivity contribution in [3.8, 4) is 0 Å². The van der Waals surface area contributed by atoms with Crippen molar-refractivity contribution in [2.24, 2.45) is 5.73 Å². The summed E-state index contributed by atoms with van der Waals surface area (Å²) in [5.74, 6) is 3.06. The fourth-order valence-corrected chi connectivity index (χ4v) is 3.16. The predicted molar refractivity (Wildman–Crippen MR) is 82.1 cm³/mol. The van der Waals surface area contributed by atoms with Crippen LogP contribution in [0.5, 0.6) is 0 Å². The molecular weight excluding hydrogens is 286 g/mol. The van der Waals surface area contributed by atoms with E-state index >= 15 is 0 Å². The van der Waals surface area contributed by atoms with Crippen molar-refractivity contribution in [1.29, 1.82) is 0 Å². The third kappa shape index (κ3) is 3.28. The van der Waals surface area contributed by atoms with E-state index in [9.17, 15) is 0 Å². The highest BCUT2D eigenvalue weighted by molar-refractivity contribution is 7.99. The van der Waals surface area contributed by atoms with Crippen LogP contribution in [0.1, 0.15) is 42.3 Å². The SMILES string of the molecule is CC(c1nc(C2CSCCO2)no1)C(N)c1ccccc1. The summed E-state index contributed by atoms with van der Waals surface area (Å²) in [7, 11) is 0. The number of nitrogens with zero attached hydrogens (tertiary/aromatic N) is 2. The zero-order valence-electron chi connectivity index (χ0n) is 11.9. The number of thioether (sulfide) groups is 1. The zero-order chi connectivity index (χ0) is 14.7. The molecule has 1 aliphatic rings. The lowest BCUT2D eigenvalue weighted by Crippen LogP contribution is -2.19. The first-order valence-electron chi connectivity index (χ1n) is 7.09. The Kier molecular flexibility index (Phi) is 4.57. The molecule has 1 saturated heterocycles. The minimum Gasteiger partial charge on any atom is -0.368 e. The summed E-state index contributed by atoms with van der Waals surface area (Å²) in [6.07, 6.45) is -0.0681. The molecule has 3 atom stereocenters. The lowest BCUT2D eigenvalue weighted by molar-refractivity contribution is 0.0677. The molecule has 0 radical (unpaired) electrons.